The van der Waals surface area contributed by atoms with Crippen LogP contribution in [-0.4, -0.2) is 82.6 Å². The van der Waals surface area contributed by atoms with Gasteiger partial charge in [-0.3, -0.25) is 4.79 Å². The SMILES string of the molecule is C=CC(=O)N1CCN(c2nc(OC[C@H]3CCCN3C)nc3c(F)c(-c4nc(N)cc(C)c4C(F)(F)F)c(Cl)cc23)[C@@H](C)C1. The molecule has 2 atom stereocenters. The average Bonchev–Trinajstić information content (AvgIpc) is 3.34. The highest BCUT2D eigenvalue weighted by Crippen LogP contribution is 2.44. The number of amides is 1. The first-order valence-electron chi connectivity index (χ1n) is 13.9. The van der Waals surface area contributed by atoms with Gasteiger partial charge in [-0.05, 0) is 64.1 Å². The largest absolute Gasteiger partial charge is 0.462 e. The summed E-state index contributed by atoms with van der Waals surface area (Å²) in [7, 11) is 1.98. The van der Waals surface area contributed by atoms with E-state index in [2.05, 4.69) is 26.4 Å². The molecule has 43 heavy (non-hydrogen) atoms. The summed E-state index contributed by atoms with van der Waals surface area (Å²) in [6.45, 7) is 8.84. The zero-order valence-corrected chi connectivity index (χ0v) is 24.8. The summed E-state index contributed by atoms with van der Waals surface area (Å²) in [4.78, 5) is 30.7. The van der Waals surface area contributed by atoms with Gasteiger partial charge in [-0.2, -0.15) is 23.1 Å². The second-order valence-corrected chi connectivity index (χ2v) is 11.4. The first kappa shape index (κ1) is 30.7. The van der Waals surface area contributed by atoms with Gasteiger partial charge >= 0.3 is 12.2 Å². The molecule has 2 aliphatic rings. The number of benzene rings is 1. The van der Waals surface area contributed by atoms with E-state index in [0.717, 1.165) is 25.5 Å². The summed E-state index contributed by atoms with van der Waals surface area (Å²) in [5, 5.41) is -0.131. The number of likely N-dealkylation sites (N-methyl/N-ethyl adjacent to an activating group) is 1. The van der Waals surface area contributed by atoms with E-state index >= 15 is 4.39 Å². The molecule has 0 saturated carbocycles. The molecule has 0 spiro atoms. The van der Waals surface area contributed by atoms with Crippen molar-refractivity contribution >= 4 is 40.0 Å². The molecule has 3 aromatic rings. The smallest absolute Gasteiger partial charge is 0.418 e. The van der Waals surface area contributed by atoms with Crippen LogP contribution in [0.3, 0.4) is 0 Å². The molecule has 4 heterocycles. The number of carbonyl (C=O) groups excluding carboxylic acids is 1. The average molecular weight is 622 g/mol. The maximum absolute atomic E-state index is 16.5. The maximum Gasteiger partial charge on any atom is 0.418 e. The molecular formula is C29H32ClF4N7O2. The van der Waals surface area contributed by atoms with Crippen LogP contribution in [0, 0.1) is 12.7 Å². The van der Waals surface area contributed by atoms with Crippen LogP contribution in [0.2, 0.25) is 5.02 Å². The van der Waals surface area contributed by atoms with Crippen LogP contribution in [0.4, 0.5) is 29.2 Å². The molecular weight excluding hydrogens is 590 g/mol. The first-order valence-corrected chi connectivity index (χ1v) is 14.2. The number of rotatable bonds is 6. The van der Waals surface area contributed by atoms with Gasteiger partial charge in [0.2, 0.25) is 5.91 Å². The lowest BCUT2D eigenvalue weighted by Crippen LogP contribution is -2.53. The molecule has 2 saturated heterocycles. The van der Waals surface area contributed by atoms with E-state index in [1.54, 1.807) is 4.90 Å². The number of alkyl halides is 3. The van der Waals surface area contributed by atoms with Gasteiger partial charge in [0, 0.05) is 37.1 Å². The number of aryl methyl sites for hydroxylation is 1. The Kier molecular flexibility index (Phi) is 8.41. The number of piperazine rings is 1. The number of aromatic nitrogens is 3. The van der Waals surface area contributed by atoms with Crippen LogP contribution >= 0.6 is 11.6 Å². The Bertz CT molecular complexity index is 1590. The number of nitrogen functional groups attached to an aromatic ring is 1. The Hall–Kier alpha value is -3.71. The van der Waals surface area contributed by atoms with Gasteiger partial charge in [0.25, 0.3) is 0 Å². The summed E-state index contributed by atoms with van der Waals surface area (Å²) in [6, 6.07) is 2.13. The number of hydrogen-bond acceptors (Lipinski definition) is 8. The van der Waals surface area contributed by atoms with Gasteiger partial charge in [0.15, 0.2) is 5.82 Å². The van der Waals surface area contributed by atoms with E-state index in [0.29, 0.717) is 19.6 Å². The third-order valence-electron chi connectivity index (χ3n) is 8.06. The number of carbonyl (C=O) groups is 1. The van der Waals surface area contributed by atoms with Crippen molar-refractivity contribution < 1.29 is 27.1 Å². The number of likely N-dealkylation sites (tertiary alicyclic amines) is 1. The van der Waals surface area contributed by atoms with Crippen molar-refractivity contribution in [1.29, 1.82) is 0 Å². The molecule has 14 heteroatoms. The van der Waals surface area contributed by atoms with Gasteiger partial charge in [-0.15, -0.1) is 0 Å². The normalized spacial score (nSPS) is 19.7. The lowest BCUT2D eigenvalue weighted by molar-refractivity contribution is -0.137. The topological polar surface area (TPSA) is 101 Å². The van der Waals surface area contributed by atoms with E-state index in [9.17, 15) is 18.0 Å². The maximum atomic E-state index is 16.5. The van der Waals surface area contributed by atoms with Crippen LogP contribution in [-0.2, 0) is 11.0 Å². The molecule has 9 nitrogen and oxygen atoms in total. The minimum Gasteiger partial charge on any atom is -0.462 e. The number of hydrogen-bond donors (Lipinski definition) is 1. The first-order chi connectivity index (χ1) is 20.3. The molecule has 0 unspecified atom stereocenters. The van der Waals surface area contributed by atoms with Gasteiger partial charge < -0.3 is 25.2 Å². The van der Waals surface area contributed by atoms with Gasteiger partial charge in [-0.25, -0.2) is 9.37 Å². The Morgan fingerprint density at radius 1 is 1.23 bits per heavy atom. The number of anilines is 2. The highest BCUT2D eigenvalue weighted by Gasteiger charge is 2.39. The van der Waals surface area contributed by atoms with E-state index in [1.807, 2.05) is 18.9 Å². The third kappa shape index (κ3) is 5.92. The fourth-order valence-corrected chi connectivity index (χ4v) is 6.14. The molecule has 0 radical (unpaired) electrons. The summed E-state index contributed by atoms with van der Waals surface area (Å²) in [6.07, 6.45) is -1.71. The summed E-state index contributed by atoms with van der Waals surface area (Å²) in [5.74, 6) is -1.25. The van der Waals surface area contributed by atoms with Crippen molar-refractivity contribution in [3.05, 3.63) is 46.8 Å². The van der Waals surface area contributed by atoms with Crippen LogP contribution in [0.15, 0.2) is 24.8 Å². The van der Waals surface area contributed by atoms with Crippen LogP contribution in [0.25, 0.3) is 22.2 Å². The fourth-order valence-electron chi connectivity index (χ4n) is 5.86. The molecule has 2 N–H and O–H groups in total. The van der Waals surface area contributed by atoms with Gasteiger partial charge in [-0.1, -0.05) is 18.2 Å². The fraction of sp³-hybridized carbons (Fsp3) is 0.448. The third-order valence-corrected chi connectivity index (χ3v) is 8.36. The number of pyridine rings is 1. The number of ether oxygens (including phenoxy) is 1. The van der Waals surface area contributed by atoms with E-state index in [4.69, 9.17) is 22.1 Å². The second-order valence-electron chi connectivity index (χ2n) is 11.0. The second kappa shape index (κ2) is 11.8. The summed E-state index contributed by atoms with van der Waals surface area (Å²) in [5.41, 5.74) is 2.86. The number of fused-ring (bicyclic) bond motifs is 1. The highest BCUT2D eigenvalue weighted by molar-refractivity contribution is 6.34. The van der Waals surface area contributed by atoms with E-state index in [-0.39, 0.29) is 63.7 Å². The minimum absolute atomic E-state index is 0.106. The zero-order valence-electron chi connectivity index (χ0n) is 24.0. The van der Waals surface area contributed by atoms with Crippen molar-refractivity contribution in [3.8, 4) is 17.3 Å². The molecule has 230 valence electrons. The standard InChI is InChI=1S/C29H32ClF4N7O2/c1-5-21(42)40-9-10-41(16(3)13-40)27-18-12-19(30)22(26-23(29(32,33)34)15(2)11-20(35)36-26)24(31)25(18)37-28(38-27)43-14-17-7-6-8-39(17)4/h5,11-12,16-17H,1,6-10,13-14H2,2-4H3,(H2,35,36)/t16-,17+/m0/s1. The minimum atomic E-state index is -4.86. The predicted octanol–water partition coefficient (Wildman–Crippen LogP) is 5.09. The summed E-state index contributed by atoms with van der Waals surface area (Å²) < 4.78 is 65.0. The molecule has 2 fully saturated rings. The van der Waals surface area contributed by atoms with Crippen LogP contribution in [0.5, 0.6) is 6.01 Å². The van der Waals surface area contributed by atoms with E-state index in [1.165, 1.54) is 19.1 Å². The van der Waals surface area contributed by atoms with Gasteiger partial charge in [0.1, 0.15) is 23.8 Å². The molecule has 2 aliphatic heterocycles. The van der Waals surface area contributed by atoms with E-state index < -0.39 is 28.8 Å². The molecule has 0 bridgehead atoms. The molecule has 1 aromatic carbocycles. The Labute approximate surface area is 251 Å². The molecule has 2 aromatic heterocycles. The quantitative estimate of drug-likeness (QED) is 0.300. The predicted molar refractivity (Wildman–Crippen MR) is 157 cm³/mol. The Balaban J connectivity index is 1.68. The van der Waals surface area contributed by atoms with Crippen molar-refractivity contribution in [3.63, 3.8) is 0 Å². The zero-order chi connectivity index (χ0) is 31.2. The van der Waals surface area contributed by atoms with Crippen molar-refractivity contribution in [2.45, 2.75) is 44.9 Å². The number of halogens is 5. The number of nitrogens with two attached hydrogens (primary N) is 1. The molecule has 1 amide bonds. The lowest BCUT2D eigenvalue weighted by atomic mass is 9.99. The van der Waals surface area contributed by atoms with Crippen LogP contribution < -0.4 is 15.4 Å². The highest BCUT2D eigenvalue weighted by atomic mass is 35.5. The molecule has 5 rings (SSSR count). The van der Waals surface area contributed by atoms with Gasteiger partial charge in [0.05, 0.1) is 21.8 Å². The number of nitrogens with zero attached hydrogens (tertiary/aromatic N) is 6. The monoisotopic (exact) mass is 621 g/mol. The van der Waals surface area contributed by atoms with Crippen LogP contribution in [0.1, 0.15) is 30.9 Å². The van der Waals surface area contributed by atoms with Crippen molar-refractivity contribution in [2.24, 2.45) is 0 Å². The molecule has 0 aliphatic carbocycles. The summed E-state index contributed by atoms with van der Waals surface area (Å²) >= 11 is 6.54. The van der Waals surface area contributed by atoms with Crippen molar-refractivity contribution in [2.75, 3.05) is 50.5 Å². The Morgan fingerprint density at radius 3 is 2.60 bits per heavy atom. The lowest BCUT2D eigenvalue weighted by Gasteiger charge is -2.40. The Morgan fingerprint density at radius 2 is 1.98 bits per heavy atom. The van der Waals surface area contributed by atoms with Crippen molar-refractivity contribution in [1.82, 2.24) is 24.8 Å².